The number of hydrogen-bond donors (Lipinski definition) is 1. The highest BCUT2D eigenvalue weighted by molar-refractivity contribution is 6.01. The van der Waals surface area contributed by atoms with Crippen LogP contribution in [0.25, 0.3) is 6.08 Å². The van der Waals surface area contributed by atoms with Gasteiger partial charge in [-0.1, -0.05) is 31.9 Å². The molecule has 1 fully saturated rings. The molecule has 2 rings (SSSR count). The minimum absolute atomic E-state index is 0.00435. The normalized spacial score (nSPS) is 21.2. The predicted molar refractivity (Wildman–Crippen MR) is 86.2 cm³/mol. The van der Waals surface area contributed by atoms with Gasteiger partial charge in [-0.25, -0.2) is 0 Å². The average molecular weight is 334 g/mol. The number of carbonyl (C=O) groups is 1. The van der Waals surface area contributed by atoms with Crippen molar-refractivity contribution >= 4 is 12.0 Å². The van der Waals surface area contributed by atoms with Crippen molar-refractivity contribution in [3.05, 3.63) is 35.4 Å². The van der Waals surface area contributed by atoms with Crippen molar-refractivity contribution in [3.8, 4) is 11.8 Å². The minimum atomic E-state index is -2.88. The summed E-state index contributed by atoms with van der Waals surface area (Å²) in [5.74, 6) is 0.0266. The molecular weight excluding hydrogens is 314 g/mol. The van der Waals surface area contributed by atoms with Crippen LogP contribution in [-0.4, -0.2) is 18.6 Å². The molecule has 128 valence electrons. The number of hydrogen-bond acceptors (Lipinski definition) is 3. The van der Waals surface area contributed by atoms with E-state index in [-0.39, 0.29) is 17.4 Å². The van der Waals surface area contributed by atoms with Crippen molar-refractivity contribution < 1.29 is 18.3 Å². The van der Waals surface area contributed by atoms with Gasteiger partial charge in [0.1, 0.15) is 17.4 Å². The summed E-state index contributed by atoms with van der Waals surface area (Å²) in [6, 6.07) is 7.76. The maximum absolute atomic E-state index is 12.3. The third kappa shape index (κ3) is 5.05. The molecule has 0 aliphatic heterocycles. The van der Waals surface area contributed by atoms with Crippen molar-refractivity contribution in [3.63, 3.8) is 0 Å². The zero-order valence-corrected chi connectivity index (χ0v) is 13.5. The zero-order chi connectivity index (χ0) is 17.5. The third-order valence-corrected chi connectivity index (χ3v) is 4.21. The van der Waals surface area contributed by atoms with Gasteiger partial charge in [0.15, 0.2) is 0 Å². The lowest BCUT2D eigenvalue weighted by molar-refractivity contribution is -0.118. The Labute approximate surface area is 140 Å². The number of nitrogens with zero attached hydrogens (tertiary/aromatic N) is 1. The Morgan fingerprint density at radius 1 is 1.33 bits per heavy atom. The van der Waals surface area contributed by atoms with Crippen LogP contribution < -0.4 is 10.1 Å². The number of nitrogens with one attached hydrogen (secondary N) is 1. The van der Waals surface area contributed by atoms with Gasteiger partial charge in [0.05, 0.1) is 0 Å². The molecule has 0 aromatic heterocycles. The summed E-state index contributed by atoms with van der Waals surface area (Å²) in [7, 11) is 0. The van der Waals surface area contributed by atoms with Gasteiger partial charge in [-0.15, -0.1) is 0 Å². The predicted octanol–water partition coefficient (Wildman–Crippen LogP) is 3.89. The summed E-state index contributed by atoms with van der Waals surface area (Å²) >= 11 is 0. The first-order chi connectivity index (χ1) is 11.5. The summed E-state index contributed by atoms with van der Waals surface area (Å²) in [6.45, 7) is -0.786. The van der Waals surface area contributed by atoms with Gasteiger partial charge in [-0.3, -0.25) is 4.79 Å². The standard InChI is InChI=1S/C18H20F2N2O2/c1-12-4-2-3-5-16(12)22-17(23)14(11-21)10-13-6-8-15(9-7-13)24-18(19)20/h6-10,12,16,18H,2-5H2,1H3,(H,22,23)/b14-10+/t12-,16-/m0/s1. The first kappa shape index (κ1) is 17.9. The van der Waals surface area contributed by atoms with Crippen molar-refractivity contribution in [1.82, 2.24) is 5.32 Å². The highest BCUT2D eigenvalue weighted by Crippen LogP contribution is 2.24. The molecule has 24 heavy (non-hydrogen) atoms. The van der Waals surface area contributed by atoms with Gasteiger partial charge >= 0.3 is 6.61 Å². The maximum Gasteiger partial charge on any atom is 0.387 e. The number of ether oxygens (including phenoxy) is 1. The molecule has 1 N–H and O–H groups in total. The van der Waals surface area contributed by atoms with Gasteiger partial charge in [-0.05, 0) is 42.5 Å². The second-order valence-electron chi connectivity index (χ2n) is 5.96. The Hall–Kier alpha value is -2.42. The topological polar surface area (TPSA) is 62.1 Å². The van der Waals surface area contributed by atoms with Crippen molar-refractivity contribution in [2.24, 2.45) is 5.92 Å². The average Bonchev–Trinajstić information content (AvgIpc) is 2.55. The van der Waals surface area contributed by atoms with Crippen molar-refractivity contribution in [2.45, 2.75) is 45.3 Å². The fourth-order valence-electron chi connectivity index (χ4n) is 2.84. The molecule has 1 aromatic rings. The lowest BCUT2D eigenvalue weighted by Crippen LogP contribution is -2.41. The third-order valence-electron chi connectivity index (χ3n) is 4.21. The quantitative estimate of drug-likeness (QED) is 0.656. The van der Waals surface area contributed by atoms with E-state index in [4.69, 9.17) is 0 Å². The van der Waals surface area contributed by atoms with E-state index in [1.807, 2.05) is 6.07 Å². The Kier molecular flexibility index (Phi) is 6.30. The number of amides is 1. The highest BCUT2D eigenvalue weighted by atomic mass is 19.3. The van der Waals surface area contributed by atoms with Crippen LogP contribution in [-0.2, 0) is 4.79 Å². The fourth-order valence-corrected chi connectivity index (χ4v) is 2.84. The molecule has 0 bridgehead atoms. The van der Waals surface area contributed by atoms with Crippen LogP contribution in [0.4, 0.5) is 8.78 Å². The van der Waals surface area contributed by atoms with E-state index in [0.717, 1.165) is 19.3 Å². The number of halogens is 2. The van der Waals surface area contributed by atoms with Gasteiger partial charge in [0.25, 0.3) is 5.91 Å². The summed E-state index contributed by atoms with van der Waals surface area (Å²) < 4.78 is 28.5. The van der Waals surface area contributed by atoms with Crippen LogP contribution in [0.3, 0.4) is 0 Å². The lowest BCUT2D eigenvalue weighted by atomic mass is 9.86. The molecular formula is C18H20F2N2O2. The van der Waals surface area contributed by atoms with Crippen LogP contribution in [0.1, 0.15) is 38.2 Å². The number of carbonyl (C=O) groups excluding carboxylic acids is 1. The highest BCUT2D eigenvalue weighted by Gasteiger charge is 2.24. The zero-order valence-electron chi connectivity index (χ0n) is 13.5. The first-order valence-electron chi connectivity index (χ1n) is 7.97. The van der Waals surface area contributed by atoms with Gasteiger partial charge in [-0.2, -0.15) is 14.0 Å². The van der Waals surface area contributed by atoms with E-state index >= 15 is 0 Å². The molecule has 4 nitrogen and oxygen atoms in total. The van der Waals surface area contributed by atoms with E-state index in [1.54, 1.807) is 0 Å². The SMILES string of the molecule is C[C@H]1CCCC[C@@H]1NC(=O)/C(C#N)=C/c1ccc(OC(F)F)cc1. The summed E-state index contributed by atoms with van der Waals surface area (Å²) in [4.78, 5) is 12.3. The molecule has 1 aliphatic rings. The Balaban J connectivity index is 2.05. The Morgan fingerprint density at radius 3 is 2.58 bits per heavy atom. The van der Waals surface area contributed by atoms with E-state index in [2.05, 4.69) is 17.0 Å². The minimum Gasteiger partial charge on any atom is -0.435 e. The van der Waals surface area contributed by atoms with Crippen LogP contribution in [0, 0.1) is 17.2 Å². The molecule has 0 heterocycles. The largest absolute Gasteiger partial charge is 0.435 e. The van der Waals surface area contributed by atoms with Crippen molar-refractivity contribution in [1.29, 1.82) is 5.26 Å². The van der Waals surface area contributed by atoms with Crippen LogP contribution >= 0.6 is 0 Å². The first-order valence-corrected chi connectivity index (χ1v) is 7.97. The van der Waals surface area contributed by atoms with Gasteiger partial charge in [0, 0.05) is 6.04 Å². The van der Waals surface area contributed by atoms with E-state index in [1.165, 1.54) is 36.8 Å². The van der Waals surface area contributed by atoms with Crippen LogP contribution in [0.2, 0.25) is 0 Å². The molecule has 1 saturated carbocycles. The molecule has 1 aromatic carbocycles. The number of nitriles is 1. The molecule has 0 unspecified atom stereocenters. The lowest BCUT2D eigenvalue weighted by Gasteiger charge is -2.29. The van der Waals surface area contributed by atoms with Crippen molar-refractivity contribution in [2.75, 3.05) is 0 Å². The maximum atomic E-state index is 12.3. The number of benzene rings is 1. The molecule has 1 aliphatic carbocycles. The van der Waals surface area contributed by atoms with Crippen LogP contribution in [0.15, 0.2) is 29.8 Å². The second kappa shape index (κ2) is 8.44. The van der Waals surface area contributed by atoms with E-state index in [9.17, 15) is 18.8 Å². The van der Waals surface area contributed by atoms with Crippen LogP contribution in [0.5, 0.6) is 5.75 Å². The Morgan fingerprint density at radius 2 is 2.00 bits per heavy atom. The fraction of sp³-hybridized carbons (Fsp3) is 0.444. The summed E-state index contributed by atoms with van der Waals surface area (Å²) in [6.07, 6.45) is 5.68. The molecule has 2 atom stereocenters. The van der Waals surface area contributed by atoms with Gasteiger partial charge in [0.2, 0.25) is 0 Å². The Bertz CT molecular complexity index is 635. The number of alkyl halides is 2. The summed E-state index contributed by atoms with van der Waals surface area (Å²) in [5.41, 5.74) is 0.565. The molecule has 0 saturated heterocycles. The molecule has 1 amide bonds. The van der Waals surface area contributed by atoms with E-state index in [0.29, 0.717) is 11.5 Å². The van der Waals surface area contributed by atoms with E-state index < -0.39 is 12.5 Å². The molecule has 6 heteroatoms. The second-order valence-corrected chi connectivity index (χ2v) is 5.96. The molecule has 0 spiro atoms. The van der Waals surface area contributed by atoms with Gasteiger partial charge < -0.3 is 10.1 Å². The number of rotatable bonds is 5. The summed E-state index contributed by atoms with van der Waals surface area (Å²) in [5, 5.41) is 12.1. The smallest absolute Gasteiger partial charge is 0.387 e. The molecule has 0 radical (unpaired) electrons. The monoisotopic (exact) mass is 334 g/mol.